The van der Waals surface area contributed by atoms with E-state index >= 15 is 0 Å². The second-order valence-corrected chi connectivity index (χ2v) is 5.79. The summed E-state index contributed by atoms with van der Waals surface area (Å²) >= 11 is 0. The average molecular weight is 343 g/mol. The molecule has 7 nitrogen and oxygen atoms in total. The summed E-state index contributed by atoms with van der Waals surface area (Å²) in [6.45, 7) is 5.54. The molecule has 1 aromatic carbocycles. The molecule has 0 spiro atoms. The molecule has 1 aliphatic rings. The number of benzene rings is 1. The first-order valence-corrected chi connectivity index (χ1v) is 8.38. The van der Waals surface area contributed by atoms with Crippen molar-refractivity contribution in [2.75, 3.05) is 13.3 Å². The van der Waals surface area contributed by atoms with Crippen LogP contribution in [0.1, 0.15) is 36.3 Å². The summed E-state index contributed by atoms with van der Waals surface area (Å²) in [6.07, 6.45) is 0.777. The van der Waals surface area contributed by atoms with Gasteiger partial charge in [-0.1, -0.05) is 13.0 Å². The van der Waals surface area contributed by atoms with Crippen LogP contribution >= 0.6 is 0 Å². The maximum Gasteiger partial charge on any atom is 0.274 e. The first-order chi connectivity index (χ1) is 12.1. The molecule has 1 aromatic heterocycles. The van der Waals surface area contributed by atoms with Crippen molar-refractivity contribution in [2.45, 2.75) is 33.4 Å². The summed E-state index contributed by atoms with van der Waals surface area (Å²) in [7, 11) is 0. The third kappa shape index (κ3) is 3.65. The number of nitrogens with zero attached hydrogens (tertiary/aromatic N) is 3. The lowest BCUT2D eigenvalue weighted by Gasteiger charge is -2.21. The summed E-state index contributed by atoms with van der Waals surface area (Å²) in [5, 5.41) is 4.20. The van der Waals surface area contributed by atoms with Crippen molar-refractivity contribution in [3.8, 4) is 11.5 Å². The molecule has 0 saturated carbocycles. The van der Waals surface area contributed by atoms with Crippen LogP contribution in [0.4, 0.5) is 0 Å². The monoisotopic (exact) mass is 343 g/mol. The molecule has 2 aromatic rings. The van der Waals surface area contributed by atoms with E-state index in [9.17, 15) is 9.59 Å². The van der Waals surface area contributed by atoms with Gasteiger partial charge in [-0.05, 0) is 37.1 Å². The summed E-state index contributed by atoms with van der Waals surface area (Å²) in [5.74, 6) is 1.20. The van der Waals surface area contributed by atoms with Gasteiger partial charge in [0.25, 0.3) is 11.5 Å². The number of fused-ring (bicyclic) bond motifs is 1. The van der Waals surface area contributed by atoms with Crippen molar-refractivity contribution in [3.05, 3.63) is 51.9 Å². The molecule has 0 bridgehead atoms. The van der Waals surface area contributed by atoms with Crippen LogP contribution in [0.25, 0.3) is 0 Å². The molecule has 0 N–H and O–H groups in total. The van der Waals surface area contributed by atoms with Gasteiger partial charge in [-0.15, -0.1) is 0 Å². The second-order valence-electron chi connectivity index (χ2n) is 5.79. The van der Waals surface area contributed by atoms with E-state index in [1.165, 1.54) is 16.8 Å². The van der Waals surface area contributed by atoms with Crippen molar-refractivity contribution >= 4 is 5.91 Å². The van der Waals surface area contributed by atoms with Gasteiger partial charge in [0.2, 0.25) is 6.79 Å². The highest BCUT2D eigenvalue weighted by Crippen LogP contribution is 2.32. The number of hydrogen-bond acceptors (Lipinski definition) is 5. The maximum atomic E-state index is 12.8. The van der Waals surface area contributed by atoms with Crippen LogP contribution in [0.15, 0.2) is 35.1 Å². The quantitative estimate of drug-likeness (QED) is 0.802. The van der Waals surface area contributed by atoms with Crippen LogP contribution in [0.5, 0.6) is 11.5 Å². The zero-order valence-electron chi connectivity index (χ0n) is 14.4. The minimum atomic E-state index is -0.204. The molecule has 7 heteroatoms. The molecule has 132 valence electrons. The van der Waals surface area contributed by atoms with Crippen molar-refractivity contribution in [2.24, 2.45) is 0 Å². The van der Waals surface area contributed by atoms with Crippen LogP contribution in [-0.2, 0) is 13.1 Å². The Bertz CT molecular complexity index is 831. The van der Waals surface area contributed by atoms with Gasteiger partial charge in [0, 0.05) is 25.7 Å². The normalized spacial score (nSPS) is 12.2. The second kappa shape index (κ2) is 7.38. The number of rotatable bonds is 6. The lowest BCUT2D eigenvalue weighted by Crippen LogP contribution is -2.33. The Morgan fingerprint density at radius 1 is 1.20 bits per heavy atom. The Morgan fingerprint density at radius 3 is 2.76 bits per heavy atom. The molecule has 3 rings (SSSR count). The molecule has 0 aliphatic carbocycles. The van der Waals surface area contributed by atoms with Gasteiger partial charge < -0.3 is 14.4 Å². The summed E-state index contributed by atoms with van der Waals surface area (Å²) in [6, 6.07) is 8.51. The fourth-order valence-electron chi connectivity index (χ4n) is 2.68. The third-order valence-corrected chi connectivity index (χ3v) is 4.00. The first-order valence-electron chi connectivity index (χ1n) is 8.38. The smallest absolute Gasteiger partial charge is 0.274 e. The molecule has 0 fully saturated rings. The van der Waals surface area contributed by atoms with Crippen molar-refractivity contribution in [3.63, 3.8) is 0 Å². The number of carbonyl (C=O) groups excluding carboxylic acids is 1. The SMILES string of the molecule is CCCn1nc(C(=O)N(CC)Cc2ccc3c(c2)OCO3)ccc1=O. The van der Waals surface area contributed by atoms with E-state index in [0.29, 0.717) is 31.1 Å². The number of aromatic nitrogens is 2. The number of carbonyl (C=O) groups is 1. The van der Waals surface area contributed by atoms with Crippen molar-refractivity contribution < 1.29 is 14.3 Å². The topological polar surface area (TPSA) is 73.7 Å². The zero-order valence-corrected chi connectivity index (χ0v) is 14.4. The summed E-state index contributed by atoms with van der Waals surface area (Å²) in [5.41, 5.74) is 1.02. The highest BCUT2D eigenvalue weighted by Gasteiger charge is 2.19. The Morgan fingerprint density at radius 2 is 2.00 bits per heavy atom. The molecule has 0 atom stereocenters. The predicted molar refractivity (Wildman–Crippen MR) is 91.8 cm³/mol. The van der Waals surface area contributed by atoms with E-state index in [1.807, 2.05) is 32.0 Å². The van der Waals surface area contributed by atoms with Gasteiger partial charge in [0.1, 0.15) is 5.69 Å². The molecule has 1 aliphatic heterocycles. The molecular formula is C18H21N3O4. The molecule has 2 heterocycles. The Hall–Kier alpha value is -2.83. The van der Waals surface area contributed by atoms with Crippen LogP contribution in [0.2, 0.25) is 0 Å². The van der Waals surface area contributed by atoms with E-state index < -0.39 is 0 Å². The highest BCUT2D eigenvalue weighted by atomic mass is 16.7. The van der Waals surface area contributed by atoms with Gasteiger partial charge in [0.05, 0.1) is 0 Å². The number of ether oxygens (including phenoxy) is 2. The first kappa shape index (κ1) is 17.0. The van der Waals surface area contributed by atoms with Gasteiger partial charge >= 0.3 is 0 Å². The fraction of sp³-hybridized carbons (Fsp3) is 0.389. The average Bonchev–Trinajstić information content (AvgIpc) is 3.09. The van der Waals surface area contributed by atoms with E-state index in [1.54, 1.807) is 4.90 Å². The van der Waals surface area contributed by atoms with Crippen LogP contribution in [0.3, 0.4) is 0 Å². The molecule has 0 unspecified atom stereocenters. The summed E-state index contributed by atoms with van der Waals surface area (Å²) in [4.78, 5) is 26.2. The largest absolute Gasteiger partial charge is 0.454 e. The van der Waals surface area contributed by atoms with E-state index in [2.05, 4.69) is 5.10 Å². The maximum absolute atomic E-state index is 12.8. The minimum absolute atomic E-state index is 0.197. The van der Waals surface area contributed by atoms with Crippen molar-refractivity contribution in [1.29, 1.82) is 0 Å². The van der Waals surface area contributed by atoms with Crippen molar-refractivity contribution in [1.82, 2.24) is 14.7 Å². The standard InChI is InChI=1S/C18H21N3O4/c1-3-9-21-17(22)8-6-14(19-21)18(23)20(4-2)11-13-5-7-15-16(10-13)25-12-24-15/h5-8,10H,3-4,9,11-12H2,1-2H3. The van der Waals surface area contributed by atoms with Gasteiger partial charge in [-0.3, -0.25) is 9.59 Å². The van der Waals surface area contributed by atoms with Crippen LogP contribution in [-0.4, -0.2) is 33.9 Å². The number of hydrogen-bond donors (Lipinski definition) is 0. The molecule has 0 saturated heterocycles. The molecule has 1 amide bonds. The zero-order chi connectivity index (χ0) is 17.8. The highest BCUT2D eigenvalue weighted by molar-refractivity contribution is 5.92. The van der Waals surface area contributed by atoms with Gasteiger partial charge in [-0.25, -0.2) is 4.68 Å². The predicted octanol–water partition coefficient (Wildman–Crippen LogP) is 2.04. The minimum Gasteiger partial charge on any atom is -0.454 e. The van der Waals surface area contributed by atoms with Crippen LogP contribution < -0.4 is 15.0 Å². The lowest BCUT2D eigenvalue weighted by atomic mass is 10.2. The Labute approximate surface area is 145 Å². The van der Waals surface area contributed by atoms with Gasteiger partial charge in [0.15, 0.2) is 11.5 Å². The Balaban J connectivity index is 1.79. The number of amides is 1. The van der Waals surface area contributed by atoms with E-state index in [4.69, 9.17) is 9.47 Å². The lowest BCUT2D eigenvalue weighted by molar-refractivity contribution is 0.0743. The fourth-order valence-corrected chi connectivity index (χ4v) is 2.68. The van der Waals surface area contributed by atoms with Gasteiger partial charge in [-0.2, -0.15) is 5.10 Å². The van der Waals surface area contributed by atoms with Crippen LogP contribution in [0, 0.1) is 0 Å². The van der Waals surface area contributed by atoms with E-state index in [-0.39, 0.29) is 24.0 Å². The molecule has 0 radical (unpaired) electrons. The summed E-state index contributed by atoms with van der Waals surface area (Å²) < 4.78 is 12.0. The van der Waals surface area contributed by atoms with E-state index in [0.717, 1.165) is 12.0 Å². The Kier molecular flexibility index (Phi) is 5.02. The third-order valence-electron chi connectivity index (χ3n) is 4.00. The molecular weight excluding hydrogens is 322 g/mol. The molecule has 25 heavy (non-hydrogen) atoms. The number of aryl methyl sites for hydroxylation is 1.